The molecule has 0 aromatic heterocycles. The van der Waals surface area contributed by atoms with E-state index in [2.05, 4.69) is 31.1 Å². The summed E-state index contributed by atoms with van der Waals surface area (Å²) in [5, 5.41) is 12.3. The normalized spacial score (nSPS) is 21.7. The maximum Gasteiger partial charge on any atom is 0.222 e. The van der Waals surface area contributed by atoms with Crippen molar-refractivity contribution in [1.29, 1.82) is 0 Å². The van der Waals surface area contributed by atoms with Crippen molar-refractivity contribution < 1.29 is 5.11 Å². The molecule has 1 aliphatic heterocycles. The Hall–Kier alpha value is -0.830. The summed E-state index contributed by atoms with van der Waals surface area (Å²) in [6.07, 6.45) is 13.1. The van der Waals surface area contributed by atoms with Crippen LogP contribution >= 0.6 is 0 Å². The Morgan fingerprint density at radius 1 is 1.16 bits per heavy atom. The van der Waals surface area contributed by atoms with Crippen molar-refractivity contribution in [2.75, 3.05) is 0 Å². The molecule has 1 rings (SSSR count). The predicted octanol–water partition coefficient (Wildman–Crippen LogP) is 3.99. The summed E-state index contributed by atoms with van der Waals surface area (Å²) in [6.45, 7) is 6.83. The minimum atomic E-state index is -0.765. The SMILES string of the molecule is CCCCCCC(C)(CCCC)C1=CNC(O)N=C1. The minimum absolute atomic E-state index is 0.195. The molecule has 0 bridgehead atoms. The van der Waals surface area contributed by atoms with Crippen molar-refractivity contribution in [3.05, 3.63) is 11.8 Å². The van der Waals surface area contributed by atoms with Gasteiger partial charge in [-0.25, -0.2) is 4.99 Å². The van der Waals surface area contributed by atoms with E-state index >= 15 is 0 Å². The van der Waals surface area contributed by atoms with Gasteiger partial charge >= 0.3 is 0 Å². The van der Waals surface area contributed by atoms with Crippen LogP contribution in [-0.4, -0.2) is 17.7 Å². The highest BCUT2D eigenvalue weighted by Gasteiger charge is 2.28. The van der Waals surface area contributed by atoms with Crippen molar-refractivity contribution in [2.24, 2.45) is 10.4 Å². The Bertz CT molecular complexity index is 312. The van der Waals surface area contributed by atoms with Crippen molar-refractivity contribution in [2.45, 2.75) is 78.5 Å². The van der Waals surface area contributed by atoms with Gasteiger partial charge in [-0.2, -0.15) is 0 Å². The minimum Gasteiger partial charge on any atom is -0.355 e. The van der Waals surface area contributed by atoms with Gasteiger partial charge in [0.15, 0.2) is 0 Å². The van der Waals surface area contributed by atoms with Gasteiger partial charge in [0.05, 0.1) is 0 Å². The fourth-order valence-corrected chi connectivity index (χ4v) is 2.65. The second-order valence-electron chi connectivity index (χ2n) is 5.89. The van der Waals surface area contributed by atoms with Gasteiger partial charge in [-0.05, 0) is 23.8 Å². The molecule has 2 atom stereocenters. The lowest BCUT2D eigenvalue weighted by Crippen LogP contribution is -2.31. The highest BCUT2D eigenvalue weighted by molar-refractivity contribution is 5.81. The fraction of sp³-hybridized carbons (Fsp3) is 0.812. The molecule has 0 saturated carbocycles. The number of hydrogen-bond acceptors (Lipinski definition) is 3. The summed E-state index contributed by atoms with van der Waals surface area (Å²) in [5.74, 6) is 0. The van der Waals surface area contributed by atoms with E-state index in [0.717, 1.165) is 0 Å². The van der Waals surface area contributed by atoms with Crippen molar-refractivity contribution in [3.8, 4) is 0 Å². The van der Waals surface area contributed by atoms with E-state index in [1.807, 2.05) is 12.4 Å². The molecule has 0 aliphatic carbocycles. The van der Waals surface area contributed by atoms with Gasteiger partial charge in [0.2, 0.25) is 6.35 Å². The quantitative estimate of drug-likeness (QED) is 0.620. The van der Waals surface area contributed by atoms with Gasteiger partial charge in [0.25, 0.3) is 0 Å². The summed E-state index contributed by atoms with van der Waals surface area (Å²) in [5.41, 5.74) is 1.43. The lowest BCUT2D eigenvalue weighted by Gasteiger charge is -2.32. The summed E-state index contributed by atoms with van der Waals surface area (Å²) < 4.78 is 0. The number of allylic oxidation sites excluding steroid dienone is 1. The van der Waals surface area contributed by atoms with Gasteiger partial charge in [-0.1, -0.05) is 59.3 Å². The molecular weight excluding hydrogens is 236 g/mol. The van der Waals surface area contributed by atoms with Gasteiger partial charge < -0.3 is 10.4 Å². The molecule has 0 saturated heterocycles. The first-order chi connectivity index (χ1) is 9.12. The number of unbranched alkanes of at least 4 members (excludes halogenated alkanes) is 4. The first-order valence-electron chi connectivity index (χ1n) is 7.80. The molecule has 1 heterocycles. The molecule has 19 heavy (non-hydrogen) atoms. The predicted molar refractivity (Wildman–Crippen MR) is 82.1 cm³/mol. The van der Waals surface area contributed by atoms with Crippen LogP contribution in [0.4, 0.5) is 0 Å². The second-order valence-corrected chi connectivity index (χ2v) is 5.89. The number of nitrogens with zero attached hydrogens (tertiary/aromatic N) is 1. The number of rotatable bonds is 9. The lowest BCUT2D eigenvalue weighted by molar-refractivity contribution is 0.160. The molecule has 110 valence electrons. The van der Waals surface area contributed by atoms with E-state index in [1.165, 1.54) is 56.9 Å². The third-order valence-electron chi connectivity index (χ3n) is 4.10. The number of aliphatic hydroxyl groups is 1. The molecule has 3 heteroatoms. The van der Waals surface area contributed by atoms with Crippen molar-refractivity contribution in [1.82, 2.24) is 5.32 Å². The molecule has 0 radical (unpaired) electrons. The number of aliphatic imine (C=N–C) groups is 1. The van der Waals surface area contributed by atoms with Crippen LogP contribution in [-0.2, 0) is 0 Å². The molecule has 0 amide bonds. The van der Waals surface area contributed by atoms with Crippen molar-refractivity contribution >= 4 is 6.21 Å². The van der Waals surface area contributed by atoms with E-state index in [-0.39, 0.29) is 5.41 Å². The van der Waals surface area contributed by atoms with Crippen molar-refractivity contribution in [3.63, 3.8) is 0 Å². The number of hydrogen-bond donors (Lipinski definition) is 2. The third kappa shape index (κ3) is 5.35. The standard InChI is InChI=1S/C16H30N2O/c1-4-6-8-9-11-16(3,10-7-5-2)14-12-17-15(19)18-13-14/h12-13,15,17,19H,4-11H2,1-3H3. The van der Waals surface area contributed by atoms with Crippen LogP contribution in [0.25, 0.3) is 0 Å². The van der Waals surface area contributed by atoms with E-state index in [0.29, 0.717) is 0 Å². The van der Waals surface area contributed by atoms with Crippen LogP contribution in [0.5, 0.6) is 0 Å². The second kappa shape index (κ2) is 8.36. The summed E-state index contributed by atoms with van der Waals surface area (Å²) in [7, 11) is 0. The van der Waals surface area contributed by atoms with E-state index < -0.39 is 6.35 Å². The van der Waals surface area contributed by atoms with Crippen LogP contribution < -0.4 is 5.32 Å². The summed E-state index contributed by atoms with van der Waals surface area (Å²) >= 11 is 0. The van der Waals surface area contributed by atoms with Crippen LogP contribution in [0.2, 0.25) is 0 Å². The Labute approximate surface area is 118 Å². The average Bonchev–Trinajstić information content (AvgIpc) is 2.42. The maximum absolute atomic E-state index is 9.36. The van der Waals surface area contributed by atoms with Crippen LogP contribution in [0.1, 0.15) is 72.1 Å². The molecule has 2 N–H and O–H groups in total. The van der Waals surface area contributed by atoms with Crippen LogP contribution in [0, 0.1) is 5.41 Å². The molecule has 2 unspecified atom stereocenters. The van der Waals surface area contributed by atoms with Gasteiger partial charge in [0.1, 0.15) is 0 Å². The molecule has 3 nitrogen and oxygen atoms in total. The van der Waals surface area contributed by atoms with Gasteiger partial charge in [-0.3, -0.25) is 0 Å². The van der Waals surface area contributed by atoms with E-state index in [1.54, 1.807) is 0 Å². The average molecular weight is 266 g/mol. The Kier molecular flexibility index (Phi) is 7.14. The number of aliphatic hydroxyl groups excluding tert-OH is 1. The highest BCUT2D eigenvalue weighted by atomic mass is 16.3. The zero-order valence-electron chi connectivity index (χ0n) is 12.8. The highest BCUT2D eigenvalue weighted by Crippen LogP contribution is 2.38. The molecular formula is C16H30N2O. The topological polar surface area (TPSA) is 44.6 Å². The van der Waals surface area contributed by atoms with Gasteiger partial charge in [0, 0.05) is 12.4 Å². The molecule has 0 fully saturated rings. The first kappa shape index (κ1) is 16.2. The largest absolute Gasteiger partial charge is 0.355 e. The van der Waals surface area contributed by atoms with Crippen LogP contribution in [0.3, 0.4) is 0 Å². The van der Waals surface area contributed by atoms with Crippen LogP contribution in [0.15, 0.2) is 16.8 Å². The Morgan fingerprint density at radius 2 is 1.84 bits per heavy atom. The number of nitrogens with one attached hydrogen (secondary N) is 1. The smallest absolute Gasteiger partial charge is 0.222 e. The van der Waals surface area contributed by atoms with E-state index in [9.17, 15) is 5.11 Å². The zero-order valence-corrected chi connectivity index (χ0v) is 12.8. The molecule has 0 aromatic carbocycles. The molecule has 1 aliphatic rings. The summed E-state index contributed by atoms with van der Waals surface area (Å²) in [6, 6.07) is 0. The monoisotopic (exact) mass is 266 g/mol. The Balaban J connectivity index is 2.61. The fourth-order valence-electron chi connectivity index (χ4n) is 2.65. The molecule has 0 aromatic rings. The molecule has 0 spiro atoms. The van der Waals surface area contributed by atoms with Gasteiger partial charge in [-0.15, -0.1) is 0 Å². The first-order valence-corrected chi connectivity index (χ1v) is 7.80. The zero-order chi connectivity index (χ0) is 14.1. The third-order valence-corrected chi connectivity index (χ3v) is 4.10. The summed E-state index contributed by atoms with van der Waals surface area (Å²) in [4.78, 5) is 4.08. The maximum atomic E-state index is 9.36. The Morgan fingerprint density at radius 3 is 2.42 bits per heavy atom. The lowest BCUT2D eigenvalue weighted by atomic mass is 9.74. The van der Waals surface area contributed by atoms with E-state index in [4.69, 9.17) is 0 Å².